The predicted molar refractivity (Wildman–Crippen MR) is 86.2 cm³/mol. The molecule has 0 bridgehead atoms. The molecule has 0 saturated heterocycles. The second-order valence-corrected chi connectivity index (χ2v) is 6.06. The summed E-state index contributed by atoms with van der Waals surface area (Å²) in [4.78, 5) is 4.14. The summed E-state index contributed by atoms with van der Waals surface area (Å²) in [5, 5.41) is 7.35. The minimum Gasteiger partial charge on any atom is -0.490 e. The Kier molecular flexibility index (Phi) is 6.43. The largest absolute Gasteiger partial charge is 0.490 e. The van der Waals surface area contributed by atoms with Crippen LogP contribution in [0, 0.1) is 0 Å². The molecule has 6 heteroatoms. The molecule has 0 amide bonds. The highest BCUT2D eigenvalue weighted by Crippen LogP contribution is 2.31. The smallest absolute Gasteiger partial charge is 0.191 e. The highest BCUT2D eigenvalue weighted by atomic mass is 35.5. The standard InChI is InChI=1S/C14H21Cl2N3O/c1-14(2,3)19-13(17-4)18-8-9-20-11-7-5-6-10(15)12(11)16/h5-7H,8-9H2,1-4H3,(H2,17,18,19). The van der Waals surface area contributed by atoms with Crippen molar-refractivity contribution < 1.29 is 4.74 Å². The number of rotatable bonds is 4. The molecule has 0 aliphatic carbocycles. The first-order valence-corrected chi connectivity index (χ1v) is 7.15. The van der Waals surface area contributed by atoms with Gasteiger partial charge in [-0.2, -0.15) is 0 Å². The van der Waals surface area contributed by atoms with E-state index in [-0.39, 0.29) is 5.54 Å². The summed E-state index contributed by atoms with van der Waals surface area (Å²) < 4.78 is 5.58. The first kappa shape index (κ1) is 16.9. The molecule has 0 fully saturated rings. The van der Waals surface area contributed by atoms with Gasteiger partial charge in [-0.05, 0) is 32.9 Å². The van der Waals surface area contributed by atoms with E-state index in [9.17, 15) is 0 Å². The van der Waals surface area contributed by atoms with Crippen LogP contribution in [0.15, 0.2) is 23.2 Å². The number of nitrogens with zero attached hydrogens (tertiary/aromatic N) is 1. The monoisotopic (exact) mass is 317 g/mol. The molecule has 1 aromatic carbocycles. The Morgan fingerprint density at radius 3 is 2.60 bits per heavy atom. The number of hydrogen-bond donors (Lipinski definition) is 2. The van der Waals surface area contributed by atoms with Crippen LogP contribution >= 0.6 is 23.2 Å². The molecule has 20 heavy (non-hydrogen) atoms. The fourth-order valence-corrected chi connectivity index (χ4v) is 1.81. The van der Waals surface area contributed by atoms with Crippen LogP contribution in [0.4, 0.5) is 0 Å². The molecule has 4 nitrogen and oxygen atoms in total. The third kappa shape index (κ3) is 5.88. The van der Waals surface area contributed by atoms with Gasteiger partial charge in [0.25, 0.3) is 0 Å². The summed E-state index contributed by atoms with van der Waals surface area (Å²) in [5.74, 6) is 1.32. The maximum atomic E-state index is 6.04. The van der Waals surface area contributed by atoms with E-state index in [1.54, 1.807) is 25.2 Å². The lowest BCUT2D eigenvalue weighted by Crippen LogP contribution is -2.48. The molecule has 1 aromatic rings. The van der Waals surface area contributed by atoms with Crippen LogP contribution in [0.2, 0.25) is 10.0 Å². The van der Waals surface area contributed by atoms with Gasteiger partial charge in [-0.15, -0.1) is 0 Å². The van der Waals surface area contributed by atoms with E-state index in [2.05, 4.69) is 36.4 Å². The van der Waals surface area contributed by atoms with Crippen molar-refractivity contribution in [1.29, 1.82) is 0 Å². The minimum atomic E-state index is -0.0427. The summed E-state index contributed by atoms with van der Waals surface area (Å²) in [6.45, 7) is 7.29. The quantitative estimate of drug-likeness (QED) is 0.508. The molecule has 0 aliphatic heterocycles. The molecule has 0 saturated carbocycles. The predicted octanol–water partition coefficient (Wildman–Crippen LogP) is 3.34. The van der Waals surface area contributed by atoms with Crippen molar-refractivity contribution in [3.05, 3.63) is 28.2 Å². The lowest BCUT2D eigenvalue weighted by molar-refractivity contribution is 0.321. The van der Waals surface area contributed by atoms with Crippen molar-refractivity contribution in [2.24, 2.45) is 4.99 Å². The number of aliphatic imine (C=N–C) groups is 1. The van der Waals surface area contributed by atoms with E-state index < -0.39 is 0 Å². The second kappa shape index (κ2) is 7.60. The van der Waals surface area contributed by atoms with Crippen molar-refractivity contribution >= 4 is 29.2 Å². The Balaban J connectivity index is 2.40. The Hall–Kier alpha value is -1.13. The number of ether oxygens (including phenoxy) is 1. The molecule has 1 rings (SSSR count). The third-order valence-electron chi connectivity index (χ3n) is 2.29. The third-order valence-corrected chi connectivity index (χ3v) is 3.09. The zero-order valence-electron chi connectivity index (χ0n) is 12.3. The second-order valence-electron chi connectivity index (χ2n) is 5.27. The summed E-state index contributed by atoms with van der Waals surface area (Å²) in [7, 11) is 1.73. The van der Waals surface area contributed by atoms with Gasteiger partial charge >= 0.3 is 0 Å². The minimum absolute atomic E-state index is 0.0427. The number of guanidine groups is 1. The lowest BCUT2D eigenvalue weighted by atomic mass is 10.1. The van der Waals surface area contributed by atoms with E-state index >= 15 is 0 Å². The summed E-state index contributed by atoms with van der Waals surface area (Å²) in [5.41, 5.74) is -0.0427. The molecule has 2 N–H and O–H groups in total. The van der Waals surface area contributed by atoms with Crippen LogP contribution in [0.5, 0.6) is 5.75 Å². The molecule has 0 aromatic heterocycles. The highest BCUT2D eigenvalue weighted by molar-refractivity contribution is 6.42. The van der Waals surface area contributed by atoms with Crippen molar-refractivity contribution in [2.75, 3.05) is 20.2 Å². The van der Waals surface area contributed by atoms with Crippen LogP contribution in [0.3, 0.4) is 0 Å². The highest BCUT2D eigenvalue weighted by Gasteiger charge is 2.11. The van der Waals surface area contributed by atoms with Gasteiger partial charge < -0.3 is 15.4 Å². The topological polar surface area (TPSA) is 45.7 Å². The first-order chi connectivity index (χ1) is 9.33. The number of benzene rings is 1. The van der Waals surface area contributed by atoms with Crippen LogP contribution in [-0.2, 0) is 0 Å². The summed E-state index contributed by atoms with van der Waals surface area (Å²) in [6.07, 6.45) is 0. The van der Waals surface area contributed by atoms with Crippen molar-refractivity contribution in [1.82, 2.24) is 10.6 Å². The number of hydrogen-bond acceptors (Lipinski definition) is 2. The molecular formula is C14H21Cl2N3O. The molecule has 0 atom stereocenters. The number of halogens is 2. The van der Waals surface area contributed by atoms with Gasteiger partial charge in [0.1, 0.15) is 17.4 Å². The molecular weight excluding hydrogens is 297 g/mol. The number of nitrogens with one attached hydrogen (secondary N) is 2. The lowest BCUT2D eigenvalue weighted by Gasteiger charge is -2.23. The van der Waals surface area contributed by atoms with E-state index in [1.165, 1.54) is 0 Å². The maximum Gasteiger partial charge on any atom is 0.191 e. The Bertz CT molecular complexity index is 470. The van der Waals surface area contributed by atoms with E-state index in [0.717, 1.165) is 5.96 Å². The molecule has 0 radical (unpaired) electrons. The maximum absolute atomic E-state index is 6.04. The van der Waals surface area contributed by atoms with Crippen LogP contribution in [0.25, 0.3) is 0 Å². The average molecular weight is 318 g/mol. The van der Waals surface area contributed by atoms with Gasteiger partial charge in [-0.3, -0.25) is 4.99 Å². The van der Waals surface area contributed by atoms with Crippen LogP contribution < -0.4 is 15.4 Å². The van der Waals surface area contributed by atoms with Crippen molar-refractivity contribution in [2.45, 2.75) is 26.3 Å². The van der Waals surface area contributed by atoms with Crippen LogP contribution in [0.1, 0.15) is 20.8 Å². The van der Waals surface area contributed by atoms with Crippen molar-refractivity contribution in [3.8, 4) is 5.75 Å². The molecule has 0 aliphatic rings. The van der Waals surface area contributed by atoms with Gasteiger partial charge in [0.15, 0.2) is 5.96 Å². The van der Waals surface area contributed by atoms with Gasteiger partial charge in [0.05, 0.1) is 11.6 Å². The van der Waals surface area contributed by atoms with Gasteiger partial charge in [0.2, 0.25) is 0 Å². The fourth-order valence-electron chi connectivity index (χ4n) is 1.46. The normalized spacial score (nSPS) is 12.2. The van der Waals surface area contributed by atoms with E-state index in [0.29, 0.717) is 28.9 Å². The van der Waals surface area contributed by atoms with E-state index in [1.807, 2.05) is 0 Å². The molecule has 0 heterocycles. The molecule has 112 valence electrons. The zero-order chi connectivity index (χ0) is 15.2. The Labute approximate surface area is 130 Å². The summed E-state index contributed by atoms with van der Waals surface area (Å²) in [6, 6.07) is 5.32. The van der Waals surface area contributed by atoms with E-state index in [4.69, 9.17) is 27.9 Å². The zero-order valence-corrected chi connectivity index (χ0v) is 13.8. The summed E-state index contributed by atoms with van der Waals surface area (Å²) >= 11 is 12.0. The fraction of sp³-hybridized carbons (Fsp3) is 0.500. The van der Waals surface area contributed by atoms with Gasteiger partial charge in [0, 0.05) is 12.6 Å². The Morgan fingerprint density at radius 1 is 1.30 bits per heavy atom. The van der Waals surface area contributed by atoms with Crippen molar-refractivity contribution in [3.63, 3.8) is 0 Å². The van der Waals surface area contributed by atoms with Gasteiger partial charge in [-0.1, -0.05) is 29.3 Å². The SMILES string of the molecule is CN=C(NCCOc1cccc(Cl)c1Cl)NC(C)(C)C. The molecule has 0 spiro atoms. The average Bonchev–Trinajstić information content (AvgIpc) is 2.36. The Morgan fingerprint density at radius 2 is 2.00 bits per heavy atom. The molecule has 0 unspecified atom stereocenters. The van der Waals surface area contributed by atoms with Crippen LogP contribution in [-0.4, -0.2) is 31.7 Å². The first-order valence-electron chi connectivity index (χ1n) is 6.39. The van der Waals surface area contributed by atoms with Gasteiger partial charge in [-0.25, -0.2) is 0 Å².